The largest absolute Gasteiger partial charge is 0.480 e. The zero-order valence-corrected chi connectivity index (χ0v) is 10.3. The van der Waals surface area contributed by atoms with Gasteiger partial charge in [0.1, 0.15) is 11.7 Å². The van der Waals surface area contributed by atoms with Gasteiger partial charge in [0.15, 0.2) is 4.47 Å². The van der Waals surface area contributed by atoms with Crippen LogP contribution in [0.4, 0.5) is 0 Å². The fourth-order valence-corrected chi connectivity index (χ4v) is 1.83. The predicted octanol–water partition coefficient (Wildman–Crippen LogP) is 1.64. The fraction of sp³-hybridized carbons (Fsp3) is 0.444. The molecule has 7 heteroatoms. The number of carbonyl (C=O) groups excluding carboxylic acids is 1. The number of rotatable bonds is 4. The third-order valence-corrected chi connectivity index (χ3v) is 2.91. The van der Waals surface area contributed by atoms with Gasteiger partial charge >= 0.3 is 5.97 Å². The van der Waals surface area contributed by atoms with E-state index in [0.29, 0.717) is 0 Å². The van der Waals surface area contributed by atoms with Gasteiger partial charge < -0.3 is 10.4 Å². The van der Waals surface area contributed by atoms with Crippen LogP contribution in [-0.4, -0.2) is 28.0 Å². The van der Waals surface area contributed by atoms with E-state index in [0.717, 1.165) is 11.3 Å². The molecule has 0 aliphatic rings. The molecule has 0 saturated carbocycles. The minimum atomic E-state index is -1.07. The second kappa shape index (κ2) is 5.27. The summed E-state index contributed by atoms with van der Waals surface area (Å²) in [6.45, 7) is 3.43. The van der Waals surface area contributed by atoms with Crippen LogP contribution in [0.15, 0.2) is 5.38 Å². The van der Waals surface area contributed by atoms with Crippen molar-refractivity contribution in [1.82, 2.24) is 10.3 Å². The molecule has 1 heterocycles. The molecule has 0 aliphatic carbocycles. The molecule has 1 rings (SSSR count). The number of aliphatic carboxylic acids is 1. The van der Waals surface area contributed by atoms with Crippen LogP contribution < -0.4 is 5.32 Å². The summed E-state index contributed by atoms with van der Waals surface area (Å²) >= 11 is 6.70. The lowest BCUT2D eigenvalue weighted by atomic mass is 10.0. The standard InChI is InChI=1S/C9H11ClN2O3S/c1-4(2)6(8(14)15)12-7(13)5-3-16-9(10)11-5/h3-4,6H,1-2H3,(H,12,13)(H,14,15)/t6-/m0/s1. The first-order valence-electron chi connectivity index (χ1n) is 4.56. The molecular weight excluding hydrogens is 252 g/mol. The number of carbonyl (C=O) groups is 2. The molecule has 0 bridgehead atoms. The number of nitrogens with one attached hydrogen (secondary N) is 1. The minimum absolute atomic E-state index is 0.141. The van der Waals surface area contributed by atoms with Crippen LogP contribution in [-0.2, 0) is 4.79 Å². The van der Waals surface area contributed by atoms with Gasteiger partial charge in [0.05, 0.1) is 0 Å². The maximum atomic E-state index is 11.6. The number of halogens is 1. The van der Waals surface area contributed by atoms with Crippen molar-refractivity contribution in [3.8, 4) is 0 Å². The summed E-state index contributed by atoms with van der Waals surface area (Å²) in [7, 11) is 0. The predicted molar refractivity (Wildman–Crippen MR) is 60.9 cm³/mol. The van der Waals surface area contributed by atoms with Crippen molar-refractivity contribution >= 4 is 34.8 Å². The van der Waals surface area contributed by atoms with Gasteiger partial charge in [-0.05, 0) is 5.92 Å². The number of carboxylic acids is 1. The average Bonchev–Trinajstić information content (AvgIpc) is 2.59. The molecule has 88 valence electrons. The Morgan fingerprint density at radius 2 is 2.19 bits per heavy atom. The number of carboxylic acid groups (broad SMARTS) is 1. The van der Waals surface area contributed by atoms with Crippen molar-refractivity contribution in [2.45, 2.75) is 19.9 Å². The summed E-state index contributed by atoms with van der Waals surface area (Å²) in [5.74, 6) is -1.79. The Morgan fingerprint density at radius 3 is 2.56 bits per heavy atom. The van der Waals surface area contributed by atoms with E-state index in [1.165, 1.54) is 5.38 Å². The highest BCUT2D eigenvalue weighted by Crippen LogP contribution is 2.15. The van der Waals surface area contributed by atoms with Crippen LogP contribution in [0.3, 0.4) is 0 Å². The van der Waals surface area contributed by atoms with Gasteiger partial charge in [-0.25, -0.2) is 9.78 Å². The summed E-state index contributed by atoms with van der Waals surface area (Å²) in [5, 5.41) is 12.8. The highest BCUT2D eigenvalue weighted by Gasteiger charge is 2.24. The highest BCUT2D eigenvalue weighted by atomic mass is 35.5. The second-order valence-corrected chi connectivity index (χ2v) is 4.96. The van der Waals surface area contributed by atoms with E-state index in [1.54, 1.807) is 13.8 Å². The van der Waals surface area contributed by atoms with Crippen molar-refractivity contribution in [2.75, 3.05) is 0 Å². The molecule has 1 atom stereocenters. The number of thiazole rings is 1. The molecule has 1 amide bonds. The molecule has 2 N–H and O–H groups in total. The Bertz CT molecular complexity index is 405. The minimum Gasteiger partial charge on any atom is -0.480 e. The quantitative estimate of drug-likeness (QED) is 0.864. The first kappa shape index (κ1) is 12.9. The normalized spacial score (nSPS) is 12.5. The molecular formula is C9H11ClN2O3S. The SMILES string of the molecule is CC(C)[C@H](NC(=O)c1csc(Cl)n1)C(=O)O. The van der Waals surface area contributed by atoms with Gasteiger partial charge in [-0.2, -0.15) is 0 Å². The Morgan fingerprint density at radius 1 is 1.56 bits per heavy atom. The van der Waals surface area contributed by atoms with Crippen molar-refractivity contribution < 1.29 is 14.7 Å². The molecule has 1 aromatic heterocycles. The number of nitrogens with zero attached hydrogens (tertiary/aromatic N) is 1. The third kappa shape index (κ3) is 3.18. The van der Waals surface area contributed by atoms with E-state index >= 15 is 0 Å². The molecule has 0 fully saturated rings. The Balaban J connectivity index is 2.73. The van der Waals surface area contributed by atoms with Gasteiger partial charge in [0.25, 0.3) is 5.91 Å². The molecule has 16 heavy (non-hydrogen) atoms. The van der Waals surface area contributed by atoms with E-state index in [2.05, 4.69) is 10.3 Å². The van der Waals surface area contributed by atoms with Gasteiger partial charge in [-0.3, -0.25) is 4.79 Å². The summed E-state index contributed by atoms with van der Waals surface area (Å²) in [4.78, 5) is 26.2. The molecule has 0 unspecified atom stereocenters. The lowest BCUT2D eigenvalue weighted by molar-refractivity contribution is -0.140. The van der Waals surface area contributed by atoms with Crippen LogP contribution in [0.1, 0.15) is 24.3 Å². The van der Waals surface area contributed by atoms with E-state index < -0.39 is 17.9 Å². The monoisotopic (exact) mass is 262 g/mol. The third-order valence-electron chi connectivity index (χ3n) is 1.93. The Labute approximate surface area is 101 Å². The van der Waals surface area contributed by atoms with E-state index in [9.17, 15) is 9.59 Å². The zero-order valence-electron chi connectivity index (χ0n) is 8.73. The summed E-state index contributed by atoms with van der Waals surface area (Å²) in [6, 6.07) is -0.923. The first-order chi connectivity index (χ1) is 7.41. The lowest BCUT2D eigenvalue weighted by Gasteiger charge is -2.16. The van der Waals surface area contributed by atoms with Gasteiger partial charge in [-0.1, -0.05) is 25.4 Å². The summed E-state index contributed by atoms with van der Waals surface area (Å²) in [5.41, 5.74) is 0.141. The van der Waals surface area contributed by atoms with E-state index in [4.69, 9.17) is 16.7 Å². The molecule has 5 nitrogen and oxygen atoms in total. The van der Waals surface area contributed by atoms with Crippen molar-refractivity contribution in [1.29, 1.82) is 0 Å². The Hall–Kier alpha value is -1.14. The summed E-state index contributed by atoms with van der Waals surface area (Å²) in [6.07, 6.45) is 0. The van der Waals surface area contributed by atoms with Crippen LogP contribution in [0.2, 0.25) is 4.47 Å². The van der Waals surface area contributed by atoms with Crippen LogP contribution >= 0.6 is 22.9 Å². The maximum Gasteiger partial charge on any atom is 0.326 e. The molecule has 0 saturated heterocycles. The van der Waals surface area contributed by atoms with Crippen molar-refractivity contribution in [3.05, 3.63) is 15.5 Å². The van der Waals surface area contributed by atoms with Crippen LogP contribution in [0.25, 0.3) is 0 Å². The lowest BCUT2D eigenvalue weighted by Crippen LogP contribution is -2.44. The molecule has 0 radical (unpaired) electrons. The zero-order chi connectivity index (χ0) is 12.3. The topological polar surface area (TPSA) is 79.3 Å². The Kier molecular flexibility index (Phi) is 4.26. The van der Waals surface area contributed by atoms with E-state index in [1.807, 2.05) is 0 Å². The van der Waals surface area contributed by atoms with Crippen molar-refractivity contribution in [3.63, 3.8) is 0 Å². The molecule has 0 spiro atoms. The number of amides is 1. The first-order valence-corrected chi connectivity index (χ1v) is 5.82. The maximum absolute atomic E-state index is 11.6. The van der Waals surface area contributed by atoms with E-state index in [-0.39, 0.29) is 16.1 Å². The fourth-order valence-electron chi connectivity index (χ4n) is 1.08. The molecule has 0 aromatic carbocycles. The second-order valence-electron chi connectivity index (χ2n) is 3.52. The van der Waals surface area contributed by atoms with Crippen LogP contribution in [0.5, 0.6) is 0 Å². The number of hydrogen-bond acceptors (Lipinski definition) is 4. The van der Waals surface area contributed by atoms with Gasteiger partial charge in [0, 0.05) is 5.38 Å². The van der Waals surface area contributed by atoms with Crippen molar-refractivity contribution in [2.24, 2.45) is 5.92 Å². The molecule has 0 aliphatic heterocycles. The molecule has 1 aromatic rings. The summed E-state index contributed by atoms with van der Waals surface area (Å²) < 4.78 is 0.251. The average molecular weight is 263 g/mol. The van der Waals surface area contributed by atoms with Gasteiger partial charge in [0.2, 0.25) is 0 Å². The van der Waals surface area contributed by atoms with Gasteiger partial charge in [-0.15, -0.1) is 11.3 Å². The highest BCUT2D eigenvalue weighted by molar-refractivity contribution is 7.14. The van der Waals surface area contributed by atoms with Crippen LogP contribution in [0, 0.1) is 5.92 Å². The number of hydrogen-bond donors (Lipinski definition) is 2. The smallest absolute Gasteiger partial charge is 0.326 e. The number of aromatic nitrogens is 1.